The van der Waals surface area contributed by atoms with Crippen LogP contribution in [0.25, 0.3) is 0 Å². The normalized spacial score (nSPS) is 16.1. The maximum absolute atomic E-state index is 13.3. The van der Waals surface area contributed by atoms with Crippen molar-refractivity contribution in [1.82, 2.24) is 0 Å². The molecule has 0 nitrogen and oxygen atoms in total. The van der Waals surface area contributed by atoms with E-state index >= 15 is 0 Å². The van der Waals surface area contributed by atoms with E-state index < -0.39 is 54.2 Å². The third-order valence-corrected chi connectivity index (χ3v) is 3.40. The van der Waals surface area contributed by atoms with Crippen LogP contribution >= 0.6 is 0 Å². The summed E-state index contributed by atoms with van der Waals surface area (Å²) in [5, 5.41) is 0. The first-order valence-corrected chi connectivity index (χ1v) is 7.07. The van der Waals surface area contributed by atoms with E-state index in [0.29, 0.717) is 0 Å². The summed E-state index contributed by atoms with van der Waals surface area (Å²) in [6, 6.07) is 0. The minimum absolute atomic E-state index is 0.0284. The van der Waals surface area contributed by atoms with Gasteiger partial charge in [-0.25, -0.2) is 0 Å². The lowest BCUT2D eigenvalue weighted by atomic mass is 9.91. The molecule has 15 heteroatoms. The van der Waals surface area contributed by atoms with Gasteiger partial charge in [-0.05, 0) is 12.5 Å². The van der Waals surface area contributed by atoms with Crippen LogP contribution < -0.4 is 0 Å². The van der Waals surface area contributed by atoms with Crippen LogP contribution in [0.2, 0.25) is 0 Å². The third kappa shape index (κ3) is 3.89. The van der Waals surface area contributed by atoms with Gasteiger partial charge in [0.25, 0.3) is 0 Å². The largest absolute Gasteiger partial charge is 0.460 e. The molecule has 0 N–H and O–H groups in total. The molecule has 0 bridgehead atoms. The zero-order chi connectivity index (χ0) is 23.0. The molecule has 168 valence electrons. The number of allylic oxidation sites excluding steroid dienone is 2. The number of rotatable bonds is 9. The Kier molecular flexibility index (Phi) is 7.15. The van der Waals surface area contributed by atoms with Crippen LogP contribution in [0.4, 0.5) is 65.9 Å². The van der Waals surface area contributed by atoms with Crippen molar-refractivity contribution >= 4 is 0 Å². The number of alkyl halides is 15. The Morgan fingerprint density at radius 3 is 1.25 bits per heavy atom. The molecule has 0 aromatic carbocycles. The van der Waals surface area contributed by atoms with Gasteiger partial charge in [0.15, 0.2) is 0 Å². The van der Waals surface area contributed by atoms with Crippen LogP contribution in [0, 0.1) is 0 Å². The minimum Gasteiger partial charge on any atom is -0.195 e. The molecule has 0 aliphatic heterocycles. The quantitative estimate of drug-likeness (QED) is 0.199. The van der Waals surface area contributed by atoms with Crippen molar-refractivity contribution in [2.45, 2.75) is 67.9 Å². The molecule has 0 saturated carbocycles. The molecule has 0 aliphatic rings. The van der Waals surface area contributed by atoms with Crippen molar-refractivity contribution in [2.24, 2.45) is 0 Å². The van der Waals surface area contributed by atoms with Crippen molar-refractivity contribution in [2.75, 3.05) is 0 Å². The highest BCUT2D eigenvalue weighted by atomic mass is 19.4. The van der Waals surface area contributed by atoms with Crippen LogP contribution in [0.1, 0.15) is 26.2 Å². The molecule has 0 saturated heterocycles. The fourth-order valence-electron chi connectivity index (χ4n) is 1.64. The molecule has 0 aromatic rings. The van der Waals surface area contributed by atoms with Crippen molar-refractivity contribution in [3.05, 3.63) is 12.2 Å². The predicted molar refractivity (Wildman–Crippen MR) is 64.4 cm³/mol. The topological polar surface area (TPSA) is 0 Å². The van der Waals surface area contributed by atoms with Crippen molar-refractivity contribution in [1.29, 1.82) is 0 Å². The first kappa shape index (κ1) is 26.7. The van der Waals surface area contributed by atoms with Crippen LogP contribution in [0.5, 0.6) is 0 Å². The summed E-state index contributed by atoms with van der Waals surface area (Å²) in [5.74, 6) is -46.2. The van der Waals surface area contributed by atoms with Gasteiger partial charge in [-0.1, -0.05) is 25.8 Å². The Bertz CT molecular complexity index is 555. The first-order chi connectivity index (χ1) is 12.1. The second-order valence-corrected chi connectivity index (χ2v) is 5.54. The monoisotopic (exact) mass is 452 g/mol. The number of hydrogen-bond acceptors (Lipinski definition) is 0. The molecule has 0 radical (unpaired) electrons. The van der Waals surface area contributed by atoms with Crippen molar-refractivity contribution < 1.29 is 65.9 Å². The summed E-state index contributed by atoms with van der Waals surface area (Å²) >= 11 is 0. The van der Waals surface area contributed by atoms with Crippen LogP contribution in [0.15, 0.2) is 12.2 Å². The second kappa shape index (κ2) is 7.50. The SMILES string of the molecule is CCCC/C=C/C(F)(F)C(F)(F)C(F)(F)C(F)(F)C(F)(F)C(F)(F)C(F)(F)F. The number of hydrogen-bond donors (Lipinski definition) is 0. The van der Waals surface area contributed by atoms with E-state index in [-0.39, 0.29) is 18.9 Å². The number of halogens is 15. The predicted octanol–water partition coefficient (Wildman–Crippen LogP) is 7.11. The van der Waals surface area contributed by atoms with E-state index in [2.05, 4.69) is 0 Å². The van der Waals surface area contributed by atoms with Crippen molar-refractivity contribution in [3.63, 3.8) is 0 Å². The highest BCUT2D eigenvalue weighted by Gasteiger charge is 2.93. The zero-order valence-electron chi connectivity index (χ0n) is 13.4. The fraction of sp³-hybridized carbons (Fsp3) is 0.846. The van der Waals surface area contributed by atoms with Gasteiger partial charge in [-0.15, -0.1) is 0 Å². The van der Waals surface area contributed by atoms with E-state index in [0.717, 1.165) is 0 Å². The van der Waals surface area contributed by atoms with Gasteiger partial charge >= 0.3 is 41.7 Å². The summed E-state index contributed by atoms with van der Waals surface area (Å²) in [7, 11) is 0. The van der Waals surface area contributed by atoms with E-state index in [4.69, 9.17) is 0 Å². The van der Waals surface area contributed by atoms with Gasteiger partial charge < -0.3 is 0 Å². The van der Waals surface area contributed by atoms with E-state index in [1.165, 1.54) is 6.92 Å². The van der Waals surface area contributed by atoms with Crippen molar-refractivity contribution in [3.8, 4) is 0 Å². The fourth-order valence-corrected chi connectivity index (χ4v) is 1.64. The zero-order valence-corrected chi connectivity index (χ0v) is 13.4. The summed E-state index contributed by atoms with van der Waals surface area (Å²) in [4.78, 5) is 0. The summed E-state index contributed by atoms with van der Waals surface area (Å²) < 4.78 is 193. The molecule has 28 heavy (non-hydrogen) atoms. The Balaban J connectivity index is 6.28. The second-order valence-electron chi connectivity index (χ2n) is 5.54. The molecule has 0 amide bonds. The Hall–Kier alpha value is -1.31. The summed E-state index contributed by atoms with van der Waals surface area (Å²) in [5.41, 5.74) is 0. The molecule has 0 rings (SSSR count). The Morgan fingerprint density at radius 1 is 0.536 bits per heavy atom. The van der Waals surface area contributed by atoms with E-state index in [1.54, 1.807) is 0 Å². The molecular formula is C13H11F15. The van der Waals surface area contributed by atoms with Gasteiger partial charge in [0.05, 0.1) is 0 Å². The van der Waals surface area contributed by atoms with Gasteiger partial charge in [-0.2, -0.15) is 65.9 Å². The molecule has 0 unspecified atom stereocenters. The molecular weight excluding hydrogens is 441 g/mol. The van der Waals surface area contributed by atoms with Gasteiger partial charge in [0, 0.05) is 0 Å². The van der Waals surface area contributed by atoms with Gasteiger partial charge in [-0.3, -0.25) is 0 Å². The van der Waals surface area contributed by atoms with Crippen LogP contribution in [-0.2, 0) is 0 Å². The lowest BCUT2D eigenvalue weighted by Crippen LogP contribution is -2.72. The Labute approximate surface area is 147 Å². The standard InChI is InChI=1S/C13H11F15/c1-2-3-4-5-6-7(14,15)8(16,17)9(18,19)10(20,21)11(22,23)12(24,25)13(26,27)28/h5-6H,2-4H2,1H3/b6-5+. The molecule has 0 heterocycles. The first-order valence-electron chi connectivity index (χ1n) is 7.07. The number of unbranched alkanes of at least 4 members (excludes halogenated alkanes) is 2. The van der Waals surface area contributed by atoms with Crippen LogP contribution in [0.3, 0.4) is 0 Å². The lowest BCUT2D eigenvalue weighted by molar-refractivity contribution is -0.449. The van der Waals surface area contributed by atoms with Gasteiger partial charge in [0.2, 0.25) is 0 Å². The maximum Gasteiger partial charge on any atom is 0.460 e. The Morgan fingerprint density at radius 2 is 0.893 bits per heavy atom. The van der Waals surface area contributed by atoms with Gasteiger partial charge in [0.1, 0.15) is 0 Å². The van der Waals surface area contributed by atoms with E-state index in [9.17, 15) is 65.9 Å². The maximum atomic E-state index is 13.3. The molecule has 0 aliphatic carbocycles. The average molecular weight is 452 g/mol. The minimum atomic E-state index is -8.23. The molecule has 0 fully saturated rings. The molecule has 0 atom stereocenters. The third-order valence-electron chi connectivity index (χ3n) is 3.40. The molecule has 0 spiro atoms. The lowest BCUT2D eigenvalue weighted by Gasteiger charge is -2.41. The average Bonchev–Trinajstić information content (AvgIpc) is 2.49. The van der Waals surface area contributed by atoms with Crippen LogP contribution in [-0.4, -0.2) is 41.7 Å². The molecule has 0 aromatic heterocycles. The highest BCUT2D eigenvalue weighted by molar-refractivity contribution is 5.16. The summed E-state index contributed by atoms with van der Waals surface area (Å²) in [6.45, 7) is 1.47. The smallest absolute Gasteiger partial charge is 0.195 e. The summed E-state index contributed by atoms with van der Waals surface area (Å²) in [6.07, 6.45) is -8.69. The highest BCUT2D eigenvalue weighted by Crippen LogP contribution is 2.62. The van der Waals surface area contributed by atoms with E-state index in [1.807, 2.05) is 0 Å².